The summed E-state index contributed by atoms with van der Waals surface area (Å²) < 4.78 is 36.8. The third kappa shape index (κ3) is 3.70. The van der Waals surface area contributed by atoms with E-state index >= 15 is 0 Å². The minimum absolute atomic E-state index is 0.311. The first-order chi connectivity index (χ1) is 8.87. The molecule has 1 amide bonds. The maximum Gasteiger partial charge on any atom is 0.401 e. The maximum atomic E-state index is 12.0. The number of benzene rings is 1. The number of nitrogens with one attached hydrogen (secondary N) is 1. The van der Waals surface area contributed by atoms with Gasteiger partial charge < -0.3 is 10.2 Å². The molecule has 0 spiro atoms. The molecule has 0 radical (unpaired) electrons. The molecular formula is C12H12BrF3N2O. The number of carbonyl (C=O) groups is 1. The summed E-state index contributed by atoms with van der Waals surface area (Å²) in [5, 5.41) is 2.12. The zero-order valence-electron chi connectivity index (χ0n) is 9.93. The van der Waals surface area contributed by atoms with Crippen LogP contribution in [0.15, 0.2) is 22.7 Å². The number of anilines is 1. The number of halogens is 4. The highest BCUT2D eigenvalue weighted by Gasteiger charge is 2.28. The zero-order valence-corrected chi connectivity index (χ0v) is 11.5. The molecule has 1 aromatic carbocycles. The Labute approximate surface area is 116 Å². The number of nitrogens with zero attached hydrogens (tertiary/aromatic N) is 1. The Morgan fingerprint density at radius 3 is 2.84 bits per heavy atom. The Balaban J connectivity index is 1.96. The Bertz CT molecular complexity index is 490. The van der Waals surface area contributed by atoms with Crippen molar-refractivity contribution >= 4 is 27.5 Å². The number of amides is 1. The normalized spacial score (nSPS) is 14.6. The van der Waals surface area contributed by atoms with E-state index in [9.17, 15) is 18.0 Å². The zero-order chi connectivity index (χ0) is 14.0. The molecule has 1 aliphatic rings. The van der Waals surface area contributed by atoms with Crippen LogP contribution in [0.4, 0.5) is 18.9 Å². The predicted octanol–water partition coefficient (Wildman–Crippen LogP) is 2.49. The molecule has 7 heteroatoms. The van der Waals surface area contributed by atoms with Crippen LogP contribution in [-0.2, 0) is 11.2 Å². The summed E-state index contributed by atoms with van der Waals surface area (Å²) >= 11 is 3.34. The summed E-state index contributed by atoms with van der Waals surface area (Å²) in [6.45, 7) is -0.951. The lowest BCUT2D eigenvalue weighted by Crippen LogP contribution is -2.40. The molecule has 2 rings (SSSR count). The first-order valence-electron chi connectivity index (χ1n) is 5.73. The van der Waals surface area contributed by atoms with E-state index < -0.39 is 12.7 Å². The highest BCUT2D eigenvalue weighted by atomic mass is 79.9. The molecule has 0 unspecified atom stereocenters. The van der Waals surface area contributed by atoms with E-state index in [0.29, 0.717) is 6.54 Å². The highest BCUT2D eigenvalue weighted by molar-refractivity contribution is 9.10. The molecule has 0 saturated carbocycles. The summed E-state index contributed by atoms with van der Waals surface area (Å²) in [6, 6.07) is 5.54. The van der Waals surface area contributed by atoms with E-state index in [0.717, 1.165) is 22.1 Å². The van der Waals surface area contributed by atoms with Gasteiger partial charge >= 0.3 is 6.18 Å². The minimum atomic E-state index is -4.30. The van der Waals surface area contributed by atoms with Crippen molar-refractivity contribution in [3.63, 3.8) is 0 Å². The van der Waals surface area contributed by atoms with Gasteiger partial charge in [-0.05, 0) is 30.2 Å². The van der Waals surface area contributed by atoms with E-state index in [4.69, 9.17) is 0 Å². The molecule has 1 aromatic rings. The van der Waals surface area contributed by atoms with Crippen molar-refractivity contribution in [1.29, 1.82) is 0 Å². The Hall–Kier alpha value is -1.08. The maximum absolute atomic E-state index is 12.0. The van der Waals surface area contributed by atoms with Crippen LogP contribution in [0.1, 0.15) is 5.56 Å². The van der Waals surface area contributed by atoms with E-state index in [-0.39, 0.29) is 12.5 Å². The van der Waals surface area contributed by atoms with E-state index in [1.54, 1.807) is 6.07 Å². The second-order valence-electron chi connectivity index (χ2n) is 4.29. The third-order valence-electron chi connectivity index (χ3n) is 2.84. The van der Waals surface area contributed by atoms with Crippen LogP contribution in [0.5, 0.6) is 0 Å². The first-order valence-corrected chi connectivity index (χ1v) is 6.52. The molecule has 0 bridgehead atoms. The van der Waals surface area contributed by atoms with Crippen molar-refractivity contribution in [2.24, 2.45) is 0 Å². The fourth-order valence-electron chi connectivity index (χ4n) is 2.04. The van der Waals surface area contributed by atoms with Gasteiger partial charge in [0.15, 0.2) is 0 Å². The summed E-state index contributed by atoms with van der Waals surface area (Å²) in [5.74, 6) is -0.342. The van der Waals surface area contributed by atoms with Crippen LogP contribution in [0, 0.1) is 0 Å². The van der Waals surface area contributed by atoms with Gasteiger partial charge in [-0.2, -0.15) is 13.2 Å². The molecule has 1 aliphatic heterocycles. The summed E-state index contributed by atoms with van der Waals surface area (Å²) in [5.41, 5.74) is 1.81. The van der Waals surface area contributed by atoms with Crippen molar-refractivity contribution in [3.8, 4) is 0 Å². The molecule has 0 saturated heterocycles. The van der Waals surface area contributed by atoms with Gasteiger partial charge in [0.05, 0.1) is 13.1 Å². The first kappa shape index (κ1) is 14.3. The SMILES string of the molecule is O=C(CNCC(F)(F)F)N1CCc2cc(Br)ccc21. The van der Waals surface area contributed by atoms with Crippen LogP contribution >= 0.6 is 15.9 Å². The average molecular weight is 337 g/mol. The van der Waals surface area contributed by atoms with E-state index in [1.165, 1.54) is 4.90 Å². The van der Waals surface area contributed by atoms with Crippen LogP contribution in [0.25, 0.3) is 0 Å². The molecule has 0 fully saturated rings. The second-order valence-corrected chi connectivity index (χ2v) is 5.20. The molecule has 104 valence electrons. The smallest absolute Gasteiger partial charge is 0.311 e. The van der Waals surface area contributed by atoms with Crippen molar-refractivity contribution < 1.29 is 18.0 Å². The number of alkyl halides is 3. The Kier molecular flexibility index (Phi) is 4.15. The number of fused-ring (bicyclic) bond motifs is 1. The number of rotatable bonds is 3. The fourth-order valence-corrected chi connectivity index (χ4v) is 2.44. The Morgan fingerprint density at radius 2 is 2.16 bits per heavy atom. The van der Waals surface area contributed by atoms with Gasteiger partial charge in [-0.1, -0.05) is 15.9 Å². The quantitative estimate of drug-likeness (QED) is 0.919. The molecule has 1 heterocycles. The van der Waals surface area contributed by atoms with E-state index in [1.807, 2.05) is 12.1 Å². The molecular weight excluding hydrogens is 325 g/mol. The van der Waals surface area contributed by atoms with Crippen LogP contribution < -0.4 is 10.2 Å². The van der Waals surface area contributed by atoms with Crippen molar-refractivity contribution in [3.05, 3.63) is 28.2 Å². The van der Waals surface area contributed by atoms with Gasteiger partial charge in [0.25, 0.3) is 0 Å². The summed E-state index contributed by atoms with van der Waals surface area (Å²) in [7, 11) is 0. The topological polar surface area (TPSA) is 32.3 Å². The molecule has 19 heavy (non-hydrogen) atoms. The number of hydrogen-bond donors (Lipinski definition) is 1. The van der Waals surface area contributed by atoms with Gasteiger partial charge in [0.1, 0.15) is 0 Å². The van der Waals surface area contributed by atoms with Crippen LogP contribution in [0.3, 0.4) is 0 Å². The molecule has 1 N–H and O–H groups in total. The number of hydrogen-bond acceptors (Lipinski definition) is 2. The molecule has 0 aromatic heterocycles. The molecule has 0 atom stereocenters. The highest BCUT2D eigenvalue weighted by Crippen LogP contribution is 2.30. The summed E-state index contributed by atoms with van der Waals surface area (Å²) in [4.78, 5) is 13.4. The molecule has 3 nitrogen and oxygen atoms in total. The molecule has 0 aliphatic carbocycles. The average Bonchev–Trinajstić information content (AvgIpc) is 2.69. The third-order valence-corrected chi connectivity index (χ3v) is 3.33. The number of carbonyl (C=O) groups excluding carboxylic acids is 1. The van der Waals surface area contributed by atoms with Gasteiger partial charge in [0, 0.05) is 16.7 Å². The lowest BCUT2D eigenvalue weighted by Gasteiger charge is -2.18. The van der Waals surface area contributed by atoms with Gasteiger partial charge in [-0.15, -0.1) is 0 Å². The van der Waals surface area contributed by atoms with Gasteiger partial charge in [-0.3, -0.25) is 4.79 Å². The lowest BCUT2D eigenvalue weighted by atomic mass is 10.2. The standard InChI is InChI=1S/C12H12BrF3N2O/c13-9-1-2-10-8(5-9)3-4-18(10)11(19)6-17-7-12(14,15)16/h1-2,5,17H,3-4,6-7H2. The van der Waals surface area contributed by atoms with Crippen molar-refractivity contribution in [2.45, 2.75) is 12.6 Å². The van der Waals surface area contributed by atoms with E-state index in [2.05, 4.69) is 21.2 Å². The predicted molar refractivity (Wildman–Crippen MR) is 69.1 cm³/mol. The fraction of sp³-hybridized carbons (Fsp3) is 0.417. The minimum Gasteiger partial charge on any atom is -0.311 e. The van der Waals surface area contributed by atoms with Gasteiger partial charge in [0.2, 0.25) is 5.91 Å². The van der Waals surface area contributed by atoms with Crippen molar-refractivity contribution in [2.75, 3.05) is 24.5 Å². The monoisotopic (exact) mass is 336 g/mol. The summed E-state index contributed by atoms with van der Waals surface area (Å²) in [6.07, 6.45) is -3.58. The van der Waals surface area contributed by atoms with Gasteiger partial charge in [-0.25, -0.2) is 0 Å². The Morgan fingerprint density at radius 1 is 1.42 bits per heavy atom. The lowest BCUT2D eigenvalue weighted by molar-refractivity contribution is -0.127. The van der Waals surface area contributed by atoms with Crippen LogP contribution in [0.2, 0.25) is 0 Å². The second kappa shape index (κ2) is 5.50. The van der Waals surface area contributed by atoms with Crippen molar-refractivity contribution in [1.82, 2.24) is 5.32 Å². The largest absolute Gasteiger partial charge is 0.401 e. The van der Waals surface area contributed by atoms with Crippen LogP contribution in [-0.4, -0.2) is 31.7 Å².